The summed E-state index contributed by atoms with van der Waals surface area (Å²) < 4.78 is 2.58. The lowest BCUT2D eigenvalue weighted by Crippen LogP contribution is -2.30. The molecule has 9 nitrogen and oxygen atoms in total. The van der Waals surface area contributed by atoms with E-state index in [-0.39, 0.29) is 12.1 Å². The molecule has 2 heterocycles. The number of hydrogen-bond acceptors (Lipinski definition) is 6. The van der Waals surface area contributed by atoms with Crippen molar-refractivity contribution >= 4 is 22.5 Å². The van der Waals surface area contributed by atoms with Crippen molar-refractivity contribution in [1.29, 1.82) is 0 Å². The van der Waals surface area contributed by atoms with Crippen molar-refractivity contribution in [3.05, 3.63) is 71.5 Å². The normalized spacial score (nSPS) is 10.8. The number of hydrogen-bond donors (Lipinski definition) is 1. The van der Waals surface area contributed by atoms with Gasteiger partial charge in [-0.05, 0) is 24.3 Å². The highest BCUT2D eigenvalue weighted by Crippen LogP contribution is 2.18. The van der Waals surface area contributed by atoms with Gasteiger partial charge in [-0.15, -0.1) is 5.10 Å². The predicted molar refractivity (Wildman–Crippen MR) is 93.8 cm³/mol. The number of nitrogens with one attached hydrogen (secondary N) is 1. The fourth-order valence-corrected chi connectivity index (χ4v) is 2.56. The Balaban J connectivity index is 1.59. The number of carbonyl (C=O) groups excluding carboxylic acids is 1. The summed E-state index contributed by atoms with van der Waals surface area (Å²) in [5.74, 6) is -0.399. The molecule has 0 aliphatic heterocycles. The minimum atomic E-state index is -0.399. The van der Waals surface area contributed by atoms with Crippen LogP contribution in [0, 0.1) is 0 Å². The highest BCUT2D eigenvalue weighted by Gasteiger charge is 2.12. The Morgan fingerprint density at radius 3 is 2.73 bits per heavy atom. The molecule has 2 aromatic carbocycles. The second kappa shape index (κ2) is 6.55. The third-order valence-corrected chi connectivity index (χ3v) is 3.77. The Morgan fingerprint density at radius 1 is 1.08 bits per heavy atom. The van der Waals surface area contributed by atoms with Crippen LogP contribution in [0.4, 0.5) is 5.69 Å². The number of fused-ring (bicyclic) bond motifs is 1. The van der Waals surface area contributed by atoms with Gasteiger partial charge in [0, 0.05) is 0 Å². The van der Waals surface area contributed by atoms with E-state index in [1.807, 2.05) is 6.07 Å². The fraction of sp³-hybridized carbons (Fsp3) is 0.0588. The Kier molecular flexibility index (Phi) is 3.94. The minimum absolute atomic E-state index is 0.248. The fourth-order valence-electron chi connectivity index (χ4n) is 2.56. The summed E-state index contributed by atoms with van der Waals surface area (Å²) in [7, 11) is 0. The molecule has 4 rings (SSSR count). The average molecular weight is 347 g/mol. The Bertz CT molecular complexity index is 1140. The molecule has 128 valence electrons. The number of amides is 1. The van der Waals surface area contributed by atoms with E-state index in [0.717, 1.165) is 4.68 Å². The summed E-state index contributed by atoms with van der Waals surface area (Å²) in [6.07, 6.45) is 2.94. The van der Waals surface area contributed by atoms with Crippen molar-refractivity contribution in [2.45, 2.75) is 6.54 Å². The van der Waals surface area contributed by atoms with Gasteiger partial charge in [-0.1, -0.05) is 29.5 Å². The molecule has 0 saturated heterocycles. The van der Waals surface area contributed by atoms with Crippen molar-refractivity contribution in [3.63, 3.8) is 0 Å². The zero-order valence-electron chi connectivity index (χ0n) is 13.5. The van der Waals surface area contributed by atoms with Gasteiger partial charge >= 0.3 is 0 Å². The number of anilines is 1. The van der Waals surface area contributed by atoms with E-state index in [9.17, 15) is 9.59 Å². The number of benzene rings is 2. The number of rotatable bonds is 4. The van der Waals surface area contributed by atoms with Crippen LogP contribution in [0.25, 0.3) is 16.6 Å². The molecule has 2 aromatic heterocycles. The summed E-state index contributed by atoms with van der Waals surface area (Å²) >= 11 is 0. The highest BCUT2D eigenvalue weighted by molar-refractivity contribution is 5.92. The topological polar surface area (TPSA) is 108 Å². The first-order valence-corrected chi connectivity index (χ1v) is 7.79. The lowest BCUT2D eigenvalue weighted by Gasteiger charge is -2.11. The molecule has 0 fully saturated rings. The molecule has 4 aromatic rings. The van der Waals surface area contributed by atoms with Crippen molar-refractivity contribution in [1.82, 2.24) is 29.8 Å². The molecule has 0 bridgehead atoms. The predicted octanol–water partition coefficient (Wildman–Crippen LogP) is 1.01. The SMILES string of the molecule is O=C(Cn1nnc2ccccc2c1=O)Nc1ccccc1-n1cncn1. The van der Waals surface area contributed by atoms with Crippen LogP contribution in [0.1, 0.15) is 0 Å². The number of carbonyl (C=O) groups is 1. The van der Waals surface area contributed by atoms with Gasteiger partial charge in [-0.3, -0.25) is 9.59 Å². The second-order valence-electron chi connectivity index (χ2n) is 5.47. The van der Waals surface area contributed by atoms with Gasteiger partial charge in [-0.25, -0.2) is 14.3 Å². The Labute approximate surface area is 146 Å². The van der Waals surface area contributed by atoms with E-state index in [4.69, 9.17) is 0 Å². The van der Waals surface area contributed by atoms with Crippen LogP contribution in [-0.4, -0.2) is 35.7 Å². The second-order valence-corrected chi connectivity index (χ2v) is 5.47. The maximum absolute atomic E-state index is 12.4. The van der Waals surface area contributed by atoms with Crippen molar-refractivity contribution < 1.29 is 4.79 Å². The third-order valence-electron chi connectivity index (χ3n) is 3.77. The van der Waals surface area contributed by atoms with Gasteiger partial charge in [0.25, 0.3) is 5.56 Å². The Morgan fingerprint density at radius 2 is 1.88 bits per heavy atom. The smallest absolute Gasteiger partial charge is 0.278 e. The van der Waals surface area contributed by atoms with Gasteiger partial charge in [-0.2, -0.15) is 5.10 Å². The molecule has 1 N–H and O–H groups in total. The van der Waals surface area contributed by atoms with Crippen LogP contribution >= 0.6 is 0 Å². The number of nitrogens with zero attached hydrogens (tertiary/aromatic N) is 6. The third kappa shape index (κ3) is 2.93. The summed E-state index contributed by atoms with van der Waals surface area (Å²) in [5, 5.41) is 15.0. The maximum atomic E-state index is 12.4. The van der Waals surface area contributed by atoms with Gasteiger partial charge in [0.05, 0.1) is 16.8 Å². The van der Waals surface area contributed by atoms with Gasteiger partial charge in [0.2, 0.25) is 5.91 Å². The van der Waals surface area contributed by atoms with E-state index < -0.39 is 5.91 Å². The first kappa shape index (κ1) is 15.6. The molecule has 0 aliphatic carbocycles. The monoisotopic (exact) mass is 347 g/mol. The quantitative estimate of drug-likeness (QED) is 0.590. The first-order valence-electron chi connectivity index (χ1n) is 7.79. The van der Waals surface area contributed by atoms with Crippen LogP contribution in [0.15, 0.2) is 66.0 Å². The molecule has 1 amide bonds. The molecule has 0 aliphatic rings. The molecule has 0 atom stereocenters. The van der Waals surface area contributed by atoms with Crippen molar-refractivity contribution in [3.8, 4) is 5.69 Å². The van der Waals surface area contributed by atoms with Crippen LogP contribution in [-0.2, 0) is 11.3 Å². The molecule has 0 unspecified atom stereocenters. The number of aromatic nitrogens is 6. The molecule has 26 heavy (non-hydrogen) atoms. The van der Waals surface area contributed by atoms with Gasteiger partial charge in [0.15, 0.2) is 0 Å². The van der Waals surface area contributed by atoms with E-state index in [1.165, 1.54) is 17.3 Å². The summed E-state index contributed by atoms with van der Waals surface area (Å²) in [4.78, 5) is 28.7. The maximum Gasteiger partial charge on any atom is 0.278 e. The lowest BCUT2D eigenvalue weighted by atomic mass is 10.2. The van der Waals surface area contributed by atoms with E-state index in [0.29, 0.717) is 22.3 Å². The van der Waals surface area contributed by atoms with Gasteiger partial charge < -0.3 is 5.32 Å². The van der Waals surface area contributed by atoms with E-state index in [1.54, 1.807) is 42.5 Å². The zero-order chi connectivity index (χ0) is 17.9. The zero-order valence-corrected chi connectivity index (χ0v) is 13.5. The molecule has 0 saturated carbocycles. The van der Waals surface area contributed by atoms with E-state index >= 15 is 0 Å². The van der Waals surface area contributed by atoms with E-state index in [2.05, 4.69) is 25.7 Å². The first-order chi connectivity index (χ1) is 12.7. The molecule has 0 radical (unpaired) electrons. The van der Waals surface area contributed by atoms with Crippen LogP contribution in [0.3, 0.4) is 0 Å². The molecule has 9 heteroatoms. The standard InChI is InChI=1S/C17H13N7O2/c25-16(9-23-17(26)12-5-1-2-6-13(12)21-22-23)20-14-7-3-4-8-15(14)24-11-18-10-19-24/h1-8,10-11H,9H2,(H,20,25). The summed E-state index contributed by atoms with van der Waals surface area (Å²) in [6.45, 7) is -0.248. The highest BCUT2D eigenvalue weighted by atomic mass is 16.2. The van der Waals surface area contributed by atoms with Crippen LogP contribution in [0.2, 0.25) is 0 Å². The Hall–Kier alpha value is -3.88. The van der Waals surface area contributed by atoms with Crippen LogP contribution < -0.4 is 10.9 Å². The lowest BCUT2D eigenvalue weighted by molar-refractivity contribution is -0.117. The minimum Gasteiger partial charge on any atom is -0.323 e. The molecule has 0 spiro atoms. The molecular formula is C17H13N7O2. The van der Waals surface area contributed by atoms with Crippen molar-refractivity contribution in [2.24, 2.45) is 0 Å². The number of para-hydroxylation sites is 2. The van der Waals surface area contributed by atoms with Crippen LogP contribution in [0.5, 0.6) is 0 Å². The van der Waals surface area contributed by atoms with Gasteiger partial charge in [0.1, 0.15) is 24.7 Å². The van der Waals surface area contributed by atoms with Crippen molar-refractivity contribution in [2.75, 3.05) is 5.32 Å². The largest absolute Gasteiger partial charge is 0.323 e. The molecular weight excluding hydrogens is 334 g/mol. The summed E-state index contributed by atoms with van der Waals surface area (Å²) in [6, 6.07) is 14.0. The average Bonchev–Trinajstić information content (AvgIpc) is 3.19. The summed E-state index contributed by atoms with van der Waals surface area (Å²) in [5.41, 5.74) is 1.33.